The highest BCUT2D eigenvalue weighted by atomic mass is 32.2. The van der Waals surface area contributed by atoms with Gasteiger partial charge in [0, 0.05) is 18.8 Å². The highest BCUT2D eigenvalue weighted by Gasteiger charge is 2.42. The van der Waals surface area contributed by atoms with Crippen LogP contribution < -0.4 is 5.73 Å². The first-order valence-electron chi connectivity index (χ1n) is 7.02. The van der Waals surface area contributed by atoms with Gasteiger partial charge >= 0.3 is 5.97 Å². The maximum absolute atomic E-state index is 12.8. The number of nitrogens with zero attached hydrogens (tertiary/aromatic N) is 1. The van der Waals surface area contributed by atoms with Crippen LogP contribution in [-0.2, 0) is 10.0 Å². The van der Waals surface area contributed by atoms with E-state index in [0.29, 0.717) is 24.9 Å². The summed E-state index contributed by atoms with van der Waals surface area (Å²) in [6.45, 7) is 0.974. The number of carbonyl (C=O) groups is 1. The van der Waals surface area contributed by atoms with Crippen molar-refractivity contribution >= 4 is 21.7 Å². The summed E-state index contributed by atoms with van der Waals surface area (Å²) in [5.74, 6) is -0.434. The van der Waals surface area contributed by atoms with Crippen molar-refractivity contribution in [2.45, 2.75) is 24.2 Å². The molecule has 2 unspecified atom stereocenters. The molecule has 3 N–H and O–H groups in total. The molecule has 1 aromatic carbocycles. The van der Waals surface area contributed by atoms with Gasteiger partial charge in [-0.05, 0) is 42.9 Å². The van der Waals surface area contributed by atoms with Gasteiger partial charge in [0.1, 0.15) is 0 Å². The highest BCUT2D eigenvalue weighted by Crippen LogP contribution is 2.40. The lowest BCUT2D eigenvalue weighted by molar-refractivity contribution is 0.0692. The number of sulfonamides is 1. The van der Waals surface area contributed by atoms with E-state index in [9.17, 15) is 18.3 Å². The first kappa shape index (κ1) is 14.3. The van der Waals surface area contributed by atoms with Gasteiger partial charge in [-0.3, -0.25) is 0 Å². The maximum Gasteiger partial charge on any atom is 0.337 e. The van der Waals surface area contributed by atoms with Gasteiger partial charge < -0.3 is 10.8 Å². The fraction of sp³-hybridized carbons (Fsp3) is 0.500. The molecule has 0 bridgehead atoms. The second-order valence-electron chi connectivity index (χ2n) is 5.83. The predicted molar refractivity (Wildman–Crippen MR) is 77.4 cm³/mol. The Morgan fingerprint density at radius 2 is 1.86 bits per heavy atom. The molecule has 0 aromatic heterocycles. The van der Waals surface area contributed by atoms with E-state index in [1.54, 1.807) is 0 Å². The monoisotopic (exact) mass is 310 g/mol. The highest BCUT2D eigenvalue weighted by molar-refractivity contribution is 7.89. The zero-order valence-corrected chi connectivity index (χ0v) is 12.3. The third kappa shape index (κ3) is 2.40. The second kappa shape index (κ2) is 4.99. The fourth-order valence-corrected chi connectivity index (χ4v) is 5.23. The lowest BCUT2D eigenvalue weighted by Crippen LogP contribution is -2.31. The molecule has 1 aliphatic carbocycles. The lowest BCUT2D eigenvalue weighted by atomic mass is 10.0. The fourth-order valence-electron chi connectivity index (χ4n) is 3.46. The summed E-state index contributed by atoms with van der Waals surface area (Å²) in [6.07, 6.45) is 3.26. The lowest BCUT2D eigenvalue weighted by Gasteiger charge is -2.19. The van der Waals surface area contributed by atoms with Crippen molar-refractivity contribution in [1.82, 2.24) is 4.31 Å². The van der Waals surface area contributed by atoms with E-state index in [1.165, 1.54) is 22.5 Å². The molecule has 21 heavy (non-hydrogen) atoms. The van der Waals surface area contributed by atoms with Gasteiger partial charge in [-0.25, -0.2) is 13.2 Å². The Bertz CT molecular complexity index is 674. The minimum atomic E-state index is -3.81. The summed E-state index contributed by atoms with van der Waals surface area (Å²) in [4.78, 5) is 11.1. The Kier molecular flexibility index (Phi) is 3.41. The SMILES string of the molecule is Nc1ccc(C(=O)O)c(S(=O)(=O)N2CC3CCCC3C2)c1. The average molecular weight is 310 g/mol. The van der Waals surface area contributed by atoms with Crippen LogP contribution in [0.4, 0.5) is 5.69 Å². The van der Waals surface area contributed by atoms with Gasteiger partial charge in [0.15, 0.2) is 0 Å². The van der Waals surface area contributed by atoms with Crippen molar-refractivity contribution in [2.24, 2.45) is 11.8 Å². The molecule has 2 atom stereocenters. The molecule has 3 rings (SSSR count). The van der Waals surface area contributed by atoms with Crippen molar-refractivity contribution < 1.29 is 18.3 Å². The van der Waals surface area contributed by atoms with Crippen LogP contribution in [0.1, 0.15) is 29.6 Å². The zero-order valence-electron chi connectivity index (χ0n) is 11.5. The van der Waals surface area contributed by atoms with E-state index < -0.39 is 16.0 Å². The Labute approximate surface area is 123 Å². The number of aromatic carboxylic acids is 1. The van der Waals surface area contributed by atoms with Gasteiger partial charge in [0.2, 0.25) is 10.0 Å². The molecule has 6 nitrogen and oxygen atoms in total. The second-order valence-corrected chi connectivity index (χ2v) is 7.74. The Morgan fingerprint density at radius 1 is 1.24 bits per heavy atom. The zero-order chi connectivity index (χ0) is 15.2. The molecule has 1 heterocycles. The number of nitrogen functional groups attached to an aromatic ring is 1. The van der Waals surface area contributed by atoms with Crippen LogP contribution in [0.15, 0.2) is 23.1 Å². The number of nitrogens with two attached hydrogens (primary N) is 1. The number of anilines is 1. The van der Waals surface area contributed by atoms with Gasteiger partial charge in [0.05, 0.1) is 10.5 Å². The molecular weight excluding hydrogens is 292 g/mol. The standard InChI is InChI=1S/C14H18N2O4S/c15-11-4-5-12(14(17)18)13(6-11)21(19,20)16-7-9-2-1-3-10(9)8-16/h4-6,9-10H,1-3,7-8,15H2,(H,17,18). The number of fused-ring (bicyclic) bond motifs is 1. The van der Waals surface area contributed by atoms with Crippen molar-refractivity contribution in [2.75, 3.05) is 18.8 Å². The Hall–Kier alpha value is -1.60. The van der Waals surface area contributed by atoms with Crippen LogP contribution >= 0.6 is 0 Å². The smallest absolute Gasteiger partial charge is 0.337 e. The van der Waals surface area contributed by atoms with E-state index in [0.717, 1.165) is 19.3 Å². The molecule has 1 aromatic rings. The van der Waals surface area contributed by atoms with E-state index in [2.05, 4.69) is 0 Å². The van der Waals surface area contributed by atoms with Crippen LogP contribution in [0.3, 0.4) is 0 Å². The number of hydrogen-bond acceptors (Lipinski definition) is 4. The number of carboxylic acid groups (broad SMARTS) is 1. The molecule has 7 heteroatoms. The first-order chi connectivity index (χ1) is 9.89. The minimum absolute atomic E-state index is 0.199. The van der Waals surface area contributed by atoms with Crippen LogP contribution in [0.25, 0.3) is 0 Å². The maximum atomic E-state index is 12.8. The van der Waals surface area contributed by atoms with Gasteiger partial charge in [-0.2, -0.15) is 4.31 Å². The van der Waals surface area contributed by atoms with Crippen molar-refractivity contribution in [3.05, 3.63) is 23.8 Å². The summed E-state index contributed by atoms with van der Waals surface area (Å²) >= 11 is 0. The number of carboxylic acids is 1. The molecule has 0 spiro atoms. The quantitative estimate of drug-likeness (QED) is 0.822. The van der Waals surface area contributed by atoms with Crippen LogP contribution in [0, 0.1) is 11.8 Å². The molecule has 0 amide bonds. The molecule has 2 aliphatic rings. The van der Waals surface area contributed by atoms with Crippen LogP contribution in [-0.4, -0.2) is 36.9 Å². The number of rotatable bonds is 3. The van der Waals surface area contributed by atoms with Crippen LogP contribution in [0.5, 0.6) is 0 Å². The van der Waals surface area contributed by atoms with Gasteiger partial charge in [0.25, 0.3) is 0 Å². The third-order valence-electron chi connectivity index (χ3n) is 4.55. The number of benzene rings is 1. The van der Waals surface area contributed by atoms with E-state index in [-0.39, 0.29) is 16.1 Å². The predicted octanol–water partition coefficient (Wildman–Crippen LogP) is 1.39. The Balaban J connectivity index is 1.99. The molecule has 1 saturated carbocycles. The van der Waals surface area contributed by atoms with Gasteiger partial charge in [-0.1, -0.05) is 6.42 Å². The summed E-state index contributed by atoms with van der Waals surface area (Å²) < 4.78 is 26.9. The largest absolute Gasteiger partial charge is 0.478 e. The molecule has 0 radical (unpaired) electrons. The first-order valence-corrected chi connectivity index (χ1v) is 8.46. The molecule has 1 saturated heterocycles. The molecule has 114 valence electrons. The third-order valence-corrected chi connectivity index (χ3v) is 6.42. The molecule has 1 aliphatic heterocycles. The Morgan fingerprint density at radius 3 is 2.43 bits per heavy atom. The normalized spacial score (nSPS) is 25.9. The van der Waals surface area contributed by atoms with Gasteiger partial charge in [-0.15, -0.1) is 0 Å². The molecule has 2 fully saturated rings. The van der Waals surface area contributed by atoms with E-state index >= 15 is 0 Å². The average Bonchev–Trinajstić information content (AvgIpc) is 2.98. The van der Waals surface area contributed by atoms with E-state index in [1.807, 2.05) is 0 Å². The number of hydrogen-bond donors (Lipinski definition) is 2. The summed E-state index contributed by atoms with van der Waals surface area (Å²) in [5, 5.41) is 9.20. The minimum Gasteiger partial charge on any atom is -0.478 e. The van der Waals surface area contributed by atoms with E-state index in [4.69, 9.17) is 5.73 Å². The van der Waals surface area contributed by atoms with Crippen molar-refractivity contribution in [3.63, 3.8) is 0 Å². The van der Waals surface area contributed by atoms with Crippen molar-refractivity contribution in [1.29, 1.82) is 0 Å². The summed E-state index contributed by atoms with van der Waals surface area (Å²) in [7, 11) is -3.81. The topological polar surface area (TPSA) is 101 Å². The summed E-state index contributed by atoms with van der Waals surface area (Å²) in [6, 6.07) is 3.90. The van der Waals surface area contributed by atoms with Crippen molar-refractivity contribution in [3.8, 4) is 0 Å². The summed E-state index contributed by atoms with van der Waals surface area (Å²) in [5.41, 5.74) is 5.67. The van der Waals surface area contributed by atoms with Crippen LogP contribution in [0.2, 0.25) is 0 Å². The molecular formula is C14H18N2O4S.